The van der Waals surface area contributed by atoms with Gasteiger partial charge in [-0.3, -0.25) is 19.7 Å². The number of hydrogen-bond donors (Lipinski definition) is 2. The summed E-state index contributed by atoms with van der Waals surface area (Å²) in [5, 5.41) is 5.72. The van der Waals surface area contributed by atoms with Gasteiger partial charge in [-0.25, -0.2) is 0 Å². The van der Waals surface area contributed by atoms with Crippen LogP contribution in [0.15, 0.2) is 54.9 Å². The summed E-state index contributed by atoms with van der Waals surface area (Å²) < 4.78 is 0. The summed E-state index contributed by atoms with van der Waals surface area (Å²) in [5.74, 6) is 0.188. The summed E-state index contributed by atoms with van der Waals surface area (Å²) >= 11 is 0. The molecule has 7 nitrogen and oxygen atoms in total. The molecule has 7 heteroatoms. The van der Waals surface area contributed by atoms with Gasteiger partial charge in [0.05, 0.1) is 29.5 Å². The molecule has 3 aromatic heterocycles. The molecule has 2 aliphatic rings. The fourth-order valence-electron chi connectivity index (χ4n) is 5.55. The van der Waals surface area contributed by atoms with Gasteiger partial charge in [-0.1, -0.05) is 24.3 Å². The molecule has 1 aliphatic carbocycles. The molecule has 0 saturated carbocycles. The number of piperazine rings is 1. The van der Waals surface area contributed by atoms with E-state index in [1.165, 1.54) is 16.3 Å². The van der Waals surface area contributed by atoms with Crippen molar-refractivity contribution >= 4 is 27.7 Å². The van der Waals surface area contributed by atoms with Crippen molar-refractivity contribution in [3.05, 3.63) is 71.8 Å². The number of nitrogens with zero attached hydrogens (tertiary/aromatic N) is 4. The summed E-state index contributed by atoms with van der Waals surface area (Å²) in [5.41, 5.74) is 5.56. The van der Waals surface area contributed by atoms with E-state index in [0.29, 0.717) is 13.1 Å². The highest BCUT2D eigenvalue weighted by atomic mass is 16.2. The number of aryl methyl sites for hydroxylation is 1. The van der Waals surface area contributed by atoms with Crippen LogP contribution in [0.25, 0.3) is 21.8 Å². The number of hydrogen-bond acceptors (Lipinski definition) is 5. The first kappa shape index (κ1) is 21.3. The van der Waals surface area contributed by atoms with Crippen molar-refractivity contribution in [1.82, 2.24) is 30.1 Å². The zero-order chi connectivity index (χ0) is 22.9. The Balaban J connectivity index is 1.37. The van der Waals surface area contributed by atoms with Gasteiger partial charge in [0, 0.05) is 61.4 Å². The molecule has 0 spiro atoms. The summed E-state index contributed by atoms with van der Waals surface area (Å²) in [6.07, 6.45) is 6.92. The number of rotatable bonds is 5. The Morgan fingerprint density at radius 3 is 2.82 bits per heavy atom. The van der Waals surface area contributed by atoms with E-state index in [2.05, 4.69) is 45.5 Å². The average Bonchev–Trinajstić information content (AvgIpc) is 3.28. The van der Waals surface area contributed by atoms with Gasteiger partial charge in [0.1, 0.15) is 0 Å². The third-order valence-electron chi connectivity index (χ3n) is 7.27. The van der Waals surface area contributed by atoms with Crippen molar-refractivity contribution in [2.24, 2.45) is 0 Å². The summed E-state index contributed by atoms with van der Waals surface area (Å²) in [4.78, 5) is 30.8. The second-order valence-electron chi connectivity index (χ2n) is 9.34. The van der Waals surface area contributed by atoms with Crippen molar-refractivity contribution < 1.29 is 4.79 Å². The van der Waals surface area contributed by atoms with Crippen LogP contribution in [0.5, 0.6) is 0 Å². The lowest BCUT2D eigenvalue weighted by Gasteiger charge is -2.36. The fourth-order valence-corrected chi connectivity index (χ4v) is 5.55. The van der Waals surface area contributed by atoms with E-state index < -0.39 is 0 Å². The molecule has 1 fully saturated rings. The van der Waals surface area contributed by atoms with E-state index in [1.807, 2.05) is 29.4 Å². The van der Waals surface area contributed by atoms with Crippen LogP contribution in [-0.2, 0) is 17.8 Å². The van der Waals surface area contributed by atoms with Crippen LogP contribution in [0.1, 0.15) is 35.8 Å². The average molecular weight is 455 g/mol. The van der Waals surface area contributed by atoms with Gasteiger partial charge < -0.3 is 15.2 Å². The normalized spacial score (nSPS) is 18.5. The maximum absolute atomic E-state index is 13.4. The monoisotopic (exact) mass is 454 g/mol. The molecule has 1 saturated heterocycles. The Hall–Kier alpha value is -3.29. The summed E-state index contributed by atoms with van der Waals surface area (Å²) in [7, 11) is 0. The first-order valence-electron chi connectivity index (χ1n) is 12.3. The minimum absolute atomic E-state index is 0.109. The third-order valence-corrected chi connectivity index (χ3v) is 7.27. The van der Waals surface area contributed by atoms with Gasteiger partial charge in [0.2, 0.25) is 5.91 Å². The highest BCUT2D eigenvalue weighted by Crippen LogP contribution is 2.35. The molecule has 174 valence electrons. The second kappa shape index (κ2) is 9.16. The van der Waals surface area contributed by atoms with Crippen molar-refractivity contribution in [3.8, 4) is 0 Å². The smallest absolute Gasteiger partial charge is 0.236 e. The van der Waals surface area contributed by atoms with Crippen LogP contribution in [0.2, 0.25) is 0 Å². The number of carbonyl (C=O) groups is 1. The van der Waals surface area contributed by atoms with Crippen molar-refractivity contribution in [3.63, 3.8) is 0 Å². The zero-order valence-corrected chi connectivity index (χ0v) is 19.3. The minimum Gasteiger partial charge on any atom is -0.353 e. The molecule has 0 bridgehead atoms. The van der Waals surface area contributed by atoms with E-state index in [9.17, 15) is 4.79 Å². The highest BCUT2D eigenvalue weighted by Gasteiger charge is 2.31. The fraction of sp³-hybridized carbons (Fsp3) is 0.370. The van der Waals surface area contributed by atoms with Gasteiger partial charge in [-0.05, 0) is 43.0 Å². The maximum Gasteiger partial charge on any atom is 0.236 e. The summed E-state index contributed by atoms with van der Waals surface area (Å²) in [6.45, 7) is 4.22. The molecule has 1 atom stereocenters. The Labute approximate surface area is 199 Å². The first-order chi connectivity index (χ1) is 16.8. The summed E-state index contributed by atoms with van der Waals surface area (Å²) in [6, 6.07) is 14.7. The maximum atomic E-state index is 13.4. The van der Waals surface area contributed by atoms with Crippen LogP contribution in [-0.4, -0.2) is 63.4 Å². The number of pyridine rings is 2. The Kier molecular flexibility index (Phi) is 5.73. The van der Waals surface area contributed by atoms with Gasteiger partial charge in [-0.2, -0.15) is 0 Å². The number of aromatic amines is 1. The van der Waals surface area contributed by atoms with Crippen LogP contribution in [0.4, 0.5) is 0 Å². The topological polar surface area (TPSA) is 77.2 Å². The molecule has 6 rings (SSSR count). The minimum atomic E-state index is 0.109. The lowest BCUT2D eigenvalue weighted by Crippen LogP contribution is -2.50. The molecule has 0 radical (unpaired) electrons. The van der Waals surface area contributed by atoms with Crippen LogP contribution >= 0.6 is 0 Å². The lowest BCUT2D eigenvalue weighted by atomic mass is 9.90. The van der Waals surface area contributed by atoms with Gasteiger partial charge in [0.25, 0.3) is 0 Å². The number of H-pyrrole nitrogens is 1. The molecule has 4 heterocycles. The van der Waals surface area contributed by atoms with E-state index in [4.69, 9.17) is 9.97 Å². The molecule has 2 N–H and O–H groups in total. The van der Waals surface area contributed by atoms with E-state index in [-0.39, 0.29) is 11.9 Å². The van der Waals surface area contributed by atoms with Crippen LogP contribution < -0.4 is 5.32 Å². The Bertz CT molecular complexity index is 1330. The van der Waals surface area contributed by atoms with E-state index in [0.717, 1.165) is 67.9 Å². The molecule has 1 amide bonds. The predicted molar refractivity (Wildman–Crippen MR) is 133 cm³/mol. The number of aromatic nitrogens is 3. The van der Waals surface area contributed by atoms with E-state index in [1.54, 1.807) is 0 Å². The first-order valence-corrected chi connectivity index (χ1v) is 12.3. The third kappa shape index (κ3) is 3.95. The number of benzene rings is 1. The second-order valence-corrected chi connectivity index (χ2v) is 9.34. The van der Waals surface area contributed by atoms with Crippen LogP contribution in [0, 0.1) is 0 Å². The Morgan fingerprint density at radius 1 is 1.03 bits per heavy atom. The largest absolute Gasteiger partial charge is 0.353 e. The van der Waals surface area contributed by atoms with Crippen molar-refractivity contribution in [2.75, 3.05) is 32.7 Å². The quantitative estimate of drug-likeness (QED) is 0.483. The van der Waals surface area contributed by atoms with Gasteiger partial charge >= 0.3 is 0 Å². The van der Waals surface area contributed by atoms with Crippen LogP contribution in [0.3, 0.4) is 0 Å². The molecule has 1 aliphatic heterocycles. The molecule has 1 aromatic carbocycles. The Morgan fingerprint density at radius 2 is 1.91 bits per heavy atom. The van der Waals surface area contributed by atoms with Crippen molar-refractivity contribution in [1.29, 1.82) is 0 Å². The molecule has 0 unspecified atom stereocenters. The van der Waals surface area contributed by atoms with E-state index >= 15 is 0 Å². The highest BCUT2D eigenvalue weighted by molar-refractivity contribution is 6.07. The molecule has 34 heavy (non-hydrogen) atoms. The SMILES string of the molecule is O=C(CN(Cc1nccc2c1[nH]c1ccccc12)[C@H]1CCCc2cccnc21)N1CCNCC1. The lowest BCUT2D eigenvalue weighted by molar-refractivity contribution is -0.134. The molecular weight excluding hydrogens is 424 g/mol. The number of amides is 1. The zero-order valence-electron chi connectivity index (χ0n) is 19.3. The number of nitrogens with one attached hydrogen (secondary N) is 2. The number of carbonyl (C=O) groups excluding carboxylic acids is 1. The molecular formula is C27H30N6O. The number of fused-ring (bicyclic) bond motifs is 4. The van der Waals surface area contributed by atoms with Gasteiger partial charge in [-0.15, -0.1) is 0 Å². The van der Waals surface area contributed by atoms with Crippen molar-refractivity contribution in [2.45, 2.75) is 31.8 Å². The standard InChI is InChI=1S/C27H30N6O/c34-25(32-15-13-28-14-16-32)18-33(24-9-3-5-19-6-4-11-30-26(19)24)17-23-27-21(10-12-29-23)20-7-1-2-8-22(20)31-27/h1-2,4,6-8,10-12,24,28,31H,3,5,9,13-18H2/t24-/m0/s1. The predicted octanol–water partition coefficient (Wildman–Crippen LogP) is 3.42. The number of para-hydroxylation sites is 1. The molecule has 4 aromatic rings. The van der Waals surface area contributed by atoms with Gasteiger partial charge in [0.15, 0.2) is 0 Å².